The Balaban J connectivity index is 1.24. The van der Waals surface area contributed by atoms with Gasteiger partial charge < -0.3 is 20.9 Å². The molecule has 1 amide bonds. The van der Waals surface area contributed by atoms with E-state index in [-0.39, 0.29) is 24.0 Å². The van der Waals surface area contributed by atoms with Crippen molar-refractivity contribution in [2.45, 2.75) is 69.8 Å². The molecule has 0 bridgehead atoms. The van der Waals surface area contributed by atoms with Crippen LogP contribution in [0.2, 0.25) is 0 Å². The molecule has 5 rings (SSSR count). The number of pyridine rings is 1. The third-order valence-corrected chi connectivity index (χ3v) is 8.09. The van der Waals surface area contributed by atoms with Gasteiger partial charge in [-0.2, -0.15) is 13.2 Å². The highest BCUT2D eigenvalue weighted by Gasteiger charge is 2.32. The molecular weight excluding hydrogens is 527 g/mol. The van der Waals surface area contributed by atoms with Gasteiger partial charge in [0.2, 0.25) is 0 Å². The summed E-state index contributed by atoms with van der Waals surface area (Å²) in [7, 11) is 0. The second-order valence-electron chi connectivity index (χ2n) is 11.0. The topological polar surface area (TPSA) is 69.3 Å². The Morgan fingerprint density at radius 3 is 2.46 bits per heavy atom. The van der Waals surface area contributed by atoms with Crippen LogP contribution in [0.4, 0.5) is 24.7 Å². The van der Waals surface area contributed by atoms with Crippen LogP contribution in [0.1, 0.15) is 61.4 Å². The first-order valence-corrected chi connectivity index (χ1v) is 14.6. The van der Waals surface area contributed by atoms with Crippen LogP contribution in [-0.4, -0.2) is 48.7 Å². The Kier molecular flexibility index (Phi) is 9.12. The maximum absolute atomic E-state index is 13.0. The zero-order chi connectivity index (χ0) is 28.8. The van der Waals surface area contributed by atoms with E-state index in [0.717, 1.165) is 74.2 Å². The number of amides is 1. The number of anilines is 2. The number of hydrogen-bond donors (Lipinski definition) is 3. The van der Waals surface area contributed by atoms with Crippen molar-refractivity contribution < 1.29 is 18.0 Å². The Morgan fingerprint density at radius 2 is 1.71 bits per heavy atom. The first kappa shape index (κ1) is 28.9. The predicted molar refractivity (Wildman–Crippen MR) is 157 cm³/mol. The lowest BCUT2D eigenvalue weighted by Gasteiger charge is -2.40. The standard InChI is InChI=1S/C32H38F3N5O/c1-2-36-31(41)24-8-5-7-22(19-24)23-16-17-37-30(20-23)39-29-11-4-3-10-28(29)38-26-9-6-18-40(21-26)27-14-12-25(13-15-27)32(33,34)35/h5,7-8,12-17,19-20,26,28-29,38H,2-4,6,9-11,18,21H2,1H3,(H,36,41)(H,37,39)/t26-,28+,29+/m0/s1. The van der Waals surface area contributed by atoms with Crippen LogP contribution < -0.4 is 20.9 Å². The summed E-state index contributed by atoms with van der Waals surface area (Å²) in [6.45, 7) is 4.09. The minimum Gasteiger partial charge on any atom is -0.370 e. The molecule has 2 heterocycles. The van der Waals surface area contributed by atoms with Crippen molar-refractivity contribution in [3.8, 4) is 11.1 Å². The minimum atomic E-state index is -4.32. The van der Waals surface area contributed by atoms with E-state index in [1.165, 1.54) is 12.1 Å². The van der Waals surface area contributed by atoms with Crippen molar-refractivity contribution in [2.75, 3.05) is 29.9 Å². The van der Waals surface area contributed by atoms with E-state index in [9.17, 15) is 18.0 Å². The van der Waals surface area contributed by atoms with Gasteiger partial charge in [0, 0.05) is 55.2 Å². The average molecular weight is 566 g/mol. The highest BCUT2D eigenvalue weighted by Crippen LogP contribution is 2.32. The van der Waals surface area contributed by atoms with E-state index >= 15 is 0 Å². The van der Waals surface area contributed by atoms with E-state index in [0.29, 0.717) is 12.1 Å². The summed E-state index contributed by atoms with van der Waals surface area (Å²) in [6.07, 6.45) is 3.90. The molecule has 41 heavy (non-hydrogen) atoms. The van der Waals surface area contributed by atoms with Gasteiger partial charge in [0.05, 0.1) is 5.56 Å². The van der Waals surface area contributed by atoms with Crippen LogP contribution in [-0.2, 0) is 6.18 Å². The number of benzene rings is 2. The molecule has 0 unspecified atom stereocenters. The van der Waals surface area contributed by atoms with Gasteiger partial charge in [0.1, 0.15) is 5.82 Å². The van der Waals surface area contributed by atoms with Gasteiger partial charge in [0.25, 0.3) is 5.91 Å². The summed E-state index contributed by atoms with van der Waals surface area (Å²) in [5.41, 5.74) is 2.80. The third-order valence-electron chi connectivity index (χ3n) is 8.09. The first-order valence-electron chi connectivity index (χ1n) is 14.6. The number of piperidine rings is 1. The molecule has 9 heteroatoms. The second kappa shape index (κ2) is 12.9. The molecule has 2 aromatic carbocycles. The molecular formula is C32H38F3N5O. The van der Waals surface area contributed by atoms with Crippen LogP contribution >= 0.6 is 0 Å². The van der Waals surface area contributed by atoms with Gasteiger partial charge in [-0.1, -0.05) is 25.0 Å². The Morgan fingerprint density at radius 1 is 0.951 bits per heavy atom. The molecule has 2 aliphatic rings. The highest BCUT2D eigenvalue weighted by atomic mass is 19.4. The number of nitrogens with one attached hydrogen (secondary N) is 3. The van der Waals surface area contributed by atoms with Crippen molar-refractivity contribution in [1.29, 1.82) is 0 Å². The Bertz CT molecular complexity index is 1310. The number of aromatic nitrogens is 1. The van der Waals surface area contributed by atoms with E-state index in [1.54, 1.807) is 18.3 Å². The molecule has 1 saturated carbocycles. The van der Waals surface area contributed by atoms with Gasteiger partial charge >= 0.3 is 6.18 Å². The van der Waals surface area contributed by atoms with E-state index in [2.05, 4.69) is 25.8 Å². The van der Waals surface area contributed by atoms with Crippen molar-refractivity contribution in [3.05, 3.63) is 78.0 Å². The minimum absolute atomic E-state index is 0.0857. The Labute approximate surface area is 239 Å². The number of rotatable bonds is 8. The second-order valence-corrected chi connectivity index (χ2v) is 11.0. The largest absolute Gasteiger partial charge is 0.416 e. The lowest BCUT2D eigenvalue weighted by atomic mass is 9.89. The van der Waals surface area contributed by atoms with Crippen molar-refractivity contribution in [3.63, 3.8) is 0 Å². The van der Waals surface area contributed by atoms with E-state index in [1.807, 2.05) is 43.3 Å². The molecule has 218 valence electrons. The van der Waals surface area contributed by atoms with Crippen LogP contribution in [0, 0.1) is 0 Å². The molecule has 1 saturated heterocycles. The molecule has 6 nitrogen and oxygen atoms in total. The average Bonchev–Trinajstić information content (AvgIpc) is 2.98. The van der Waals surface area contributed by atoms with Gasteiger partial charge in [-0.05, 0) is 92.3 Å². The summed E-state index contributed by atoms with van der Waals surface area (Å²) in [6, 6.07) is 17.9. The van der Waals surface area contributed by atoms with E-state index in [4.69, 9.17) is 0 Å². The SMILES string of the molecule is CCNC(=O)c1cccc(-c2ccnc(N[C@@H]3CCCC[C@H]3N[C@H]3CCCN(c4ccc(C(F)(F)F)cc4)C3)c2)c1. The van der Waals surface area contributed by atoms with E-state index < -0.39 is 11.7 Å². The van der Waals surface area contributed by atoms with Crippen LogP contribution in [0.3, 0.4) is 0 Å². The molecule has 0 spiro atoms. The first-order chi connectivity index (χ1) is 19.8. The quantitative estimate of drug-likeness (QED) is 0.291. The number of halogens is 3. The predicted octanol–water partition coefficient (Wildman–Crippen LogP) is 6.50. The van der Waals surface area contributed by atoms with Gasteiger partial charge in [-0.3, -0.25) is 4.79 Å². The van der Waals surface area contributed by atoms with Crippen LogP contribution in [0.25, 0.3) is 11.1 Å². The van der Waals surface area contributed by atoms with Crippen molar-refractivity contribution in [1.82, 2.24) is 15.6 Å². The zero-order valence-electron chi connectivity index (χ0n) is 23.4. The normalized spacial score (nSPS) is 21.4. The highest BCUT2D eigenvalue weighted by molar-refractivity contribution is 5.95. The summed E-state index contributed by atoms with van der Waals surface area (Å²) in [5, 5.41) is 10.4. The fourth-order valence-corrected chi connectivity index (χ4v) is 6.00. The zero-order valence-corrected chi connectivity index (χ0v) is 23.4. The smallest absolute Gasteiger partial charge is 0.370 e. The molecule has 0 radical (unpaired) electrons. The fraction of sp³-hybridized carbons (Fsp3) is 0.438. The summed E-state index contributed by atoms with van der Waals surface area (Å²) in [5.74, 6) is 0.720. The molecule has 1 aliphatic carbocycles. The van der Waals surface area contributed by atoms with Gasteiger partial charge in [-0.25, -0.2) is 4.98 Å². The Hall–Kier alpha value is -3.59. The maximum atomic E-state index is 13.0. The monoisotopic (exact) mass is 565 g/mol. The van der Waals surface area contributed by atoms with Gasteiger partial charge in [0.15, 0.2) is 0 Å². The lowest BCUT2D eigenvalue weighted by Crippen LogP contribution is -2.55. The molecule has 1 aliphatic heterocycles. The van der Waals surface area contributed by atoms with Crippen LogP contribution in [0.15, 0.2) is 66.9 Å². The lowest BCUT2D eigenvalue weighted by molar-refractivity contribution is -0.137. The number of hydrogen-bond acceptors (Lipinski definition) is 5. The third kappa shape index (κ3) is 7.38. The number of carbonyl (C=O) groups is 1. The molecule has 2 fully saturated rings. The number of carbonyl (C=O) groups excluding carboxylic acids is 1. The summed E-state index contributed by atoms with van der Waals surface area (Å²) < 4.78 is 39.0. The number of nitrogens with zero attached hydrogens (tertiary/aromatic N) is 2. The molecule has 1 aromatic heterocycles. The fourth-order valence-electron chi connectivity index (χ4n) is 6.00. The van der Waals surface area contributed by atoms with Crippen molar-refractivity contribution in [2.24, 2.45) is 0 Å². The molecule has 3 N–H and O–H groups in total. The maximum Gasteiger partial charge on any atom is 0.416 e. The summed E-state index contributed by atoms with van der Waals surface area (Å²) >= 11 is 0. The molecule has 3 aromatic rings. The van der Waals surface area contributed by atoms with Crippen LogP contribution in [0.5, 0.6) is 0 Å². The van der Waals surface area contributed by atoms with Gasteiger partial charge in [-0.15, -0.1) is 0 Å². The number of alkyl halides is 3. The molecule has 3 atom stereocenters. The summed E-state index contributed by atoms with van der Waals surface area (Å²) in [4.78, 5) is 19.1. The van der Waals surface area contributed by atoms with Crippen molar-refractivity contribution >= 4 is 17.4 Å².